The van der Waals surface area contributed by atoms with Gasteiger partial charge in [-0.3, -0.25) is 4.98 Å². The number of benzene rings is 1. The summed E-state index contributed by atoms with van der Waals surface area (Å²) in [5.74, 6) is -5.13. The molecule has 0 bridgehead atoms. The maximum absolute atomic E-state index is 15.2. The molecule has 222 valence electrons. The summed E-state index contributed by atoms with van der Waals surface area (Å²) in [6, 6.07) is 4.91. The van der Waals surface area contributed by atoms with Crippen molar-refractivity contribution in [2.24, 2.45) is 0 Å². The molecule has 0 spiro atoms. The fourth-order valence-electron chi connectivity index (χ4n) is 4.47. The van der Waals surface area contributed by atoms with Crippen LogP contribution in [0.3, 0.4) is 0 Å². The molecular weight excluding hydrogens is 575 g/mol. The van der Waals surface area contributed by atoms with E-state index in [1.807, 2.05) is 0 Å². The van der Waals surface area contributed by atoms with Crippen LogP contribution in [0.1, 0.15) is 49.7 Å². The summed E-state index contributed by atoms with van der Waals surface area (Å²) in [5, 5.41) is 1.66. The molecular formula is C28H28ClF5N2O5. The standard InChI is InChI=1S/C28H28ClF5N2O5/c1-16-21(27(38)41-13-6-4-3-5-12-40-17-8-7-11-35-15-17)24(23(26(37)39-2)20(14-30)36-16)22-19(31)10-9-18(29)25(22)28(32,33)34/h7-11,15,24,36H,3-6,12-14H2,1-2H3. The van der Waals surface area contributed by atoms with Crippen LogP contribution in [0.2, 0.25) is 5.02 Å². The Labute approximate surface area is 238 Å². The summed E-state index contributed by atoms with van der Waals surface area (Å²) in [6.07, 6.45) is 0.550. The summed E-state index contributed by atoms with van der Waals surface area (Å²) in [4.78, 5) is 29.9. The molecule has 7 nitrogen and oxygen atoms in total. The predicted octanol–water partition coefficient (Wildman–Crippen LogP) is 6.43. The molecule has 2 aromatic rings. The van der Waals surface area contributed by atoms with Crippen LogP contribution in [0.15, 0.2) is 59.2 Å². The van der Waals surface area contributed by atoms with Gasteiger partial charge in [-0.25, -0.2) is 18.4 Å². The number of rotatable bonds is 12. The topological polar surface area (TPSA) is 86.8 Å². The molecule has 0 amide bonds. The highest BCUT2D eigenvalue weighted by atomic mass is 35.5. The Morgan fingerprint density at radius 1 is 1.05 bits per heavy atom. The van der Waals surface area contributed by atoms with Crippen molar-refractivity contribution < 1.29 is 45.8 Å². The lowest BCUT2D eigenvalue weighted by atomic mass is 9.78. The molecule has 1 unspecified atom stereocenters. The van der Waals surface area contributed by atoms with Crippen molar-refractivity contribution in [3.8, 4) is 5.75 Å². The SMILES string of the molecule is COC(=O)C1=C(CF)NC(C)=C(C(=O)OCCCCCCOc2cccnc2)C1c1c(F)ccc(Cl)c1C(F)(F)F. The van der Waals surface area contributed by atoms with Gasteiger partial charge in [0.1, 0.15) is 18.2 Å². The lowest BCUT2D eigenvalue weighted by molar-refractivity contribution is -0.141. The molecule has 0 saturated heterocycles. The summed E-state index contributed by atoms with van der Waals surface area (Å²) < 4.78 is 87.1. The zero-order valence-electron chi connectivity index (χ0n) is 22.2. The highest BCUT2D eigenvalue weighted by Crippen LogP contribution is 2.47. The van der Waals surface area contributed by atoms with E-state index >= 15 is 4.39 Å². The van der Waals surface area contributed by atoms with Gasteiger partial charge in [0, 0.05) is 17.5 Å². The van der Waals surface area contributed by atoms with Crippen LogP contribution in [0.25, 0.3) is 0 Å². The minimum Gasteiger partial charge on any atom is -0.492 e. The Morgan fingerprint density at radius 2 is 1.76 bits per heavy atom. The molecule has 3 rings (SSSR count). The van der Waals surface area contributed by atoms with Crippen molar-refractivity contribution in [3.05, 3.63) is 81.2 Å². The number of carbonyl (C=O) groups is 2. The third-order valence-corrected chi connectivity index (χ3v) is 6.61. The predicted molar refractivity (Wildman–Crippen MR) is 139 cm³/mol. The Bertz CT molecular complexity index is 1310. The lowest BCUT2D eigenvalue weighted by Crippen LogP contribution is -2.35. The quantitative estimate of drug-likeness (QED) is 0.170. The summed E-state index contributed by atoms with van der Waals surface area (Å²) in [5.41, 5.74) is -4.50. The van der Waals surface area contributed by atoms with E-state index in [1.165, 1.54) is 6.92 Å². The van der Waals surface area contributed by atoms with E-state index in [1.54, 1.807) is 24.5 Å². The number of dihydropyridines is 1. The first-order valence-corrected chi connectivity index (χ1v) is 13.0. The zero-order chi connectivity index (χ0) is 30.2. The summed E-state index contributed by atoms with van der Waals surface area (Å²) >= 11 is 5.84. The van der Waals surface area contributed by atoms with Gasteiger partial charge >= 0.3 is 18.1 Å². The second-order valence-corrected chi connectivity index (χ2v) is 9.42. The van der Waals surface area contributed by atoms with Crippen LogP contribution >= 0.6 is 11.6 Å². The van der Waals surface area contributed by atoms with E-state index in [0.29, 0.717) is 43.8 Å². The van der Waals surface area contributed by atoms with Crippen molar-refractivity contribution in [1.82, 2.24) is 10.3 Å². The highest BCUT2D eigenvalue weighted by molar-refractivity contribution is 6.31. The number of unbranched alkanes of at least 4 members (excludes halogenated alkanes) is 3. The number of methoxy groups -OCH3 is 1. The largest absolute Gasteiger partial charge is 0.492 e. The molecule has 1 atom stereocenters. The van der Waals surface area contributed by atoms with E-state index in [2.05, 4.69) is 15.0 Å². The fourth-order valence-corrected chi connectivity index (χ4v) is 4.74. The van der Waals surface area contributed by atoms with E-state index in [-0.39, 0.29) is 12.3 Å². The molecule has 2 heterocycles. The number of esters is 2. The van der Waals surface area contributed by atoms with Gasteiger partial charge in [0.15, 0.2) is 0 Å². The Kier molecular flexibility index (Phi) is 11.1. The molecule has 0 radical (unpaired) electrons. The Balaban J connectivity index is 1.81. The first-order chi connectivity index (χ1) is 19.5. The number of halogens is 6. The molecule has 0 saturated carbocycles. The molecule has 1 aliphatic heterocycles. The number of pyridine rings is 1. The van der Waals surface area contributed by atoms with Crippen LogP contribution < -0.4 is 10.1 Å². The molecule has 41 heavy (non-hydrogen) atoms. The molecule has 13 heteroatoms. The van der Waals surface area contributed by atoms with Gasteiger partial charge in [-0.05, 0) is 56.9 Å². The minimum absolute atomic E-state index is 0.108. The average Bonchev–Trinajstić information content (AvgIpc) is 2.94. The van der Waals surface area contributed by atoms with Crippen molar-refractivity contribution in [2.75, 3.05) is 27.0 Å². The summed E-state index contributed by atoms with van der Waals surface area (Å²) in [6.45, 7) is 0.292. The van der Waals surface area contributed by atoms with Crippen LogP contribution in [0, 0.1) is 5.82 Å². The minimum atomic E-state index is -5.18. The van der Waals surface area contributed by atoms with Crippen LogP contribution in [-0.4, -0.2) is 43.9 Å². The zero-order valence-corrected chi connectivity index (χ0v) is 23.0. The van der Waals surface area contributed by atoms with Crippen LogP contribution in [0.4, 0.5) is 22.0 Å². The Hall–Kier alpha value is -3.67. The summed E-state index contributed by atoms with van der Waals surface area (Å²) in [7, 11) is 0.923. The van der Waals surface area contributed by atoms with Crippen LogP contribution in [0.5, 0.6) is 5.75 Å². The van der Waals surface area contributed by atoms with Gasteiger partial charge in [-0.15, -0.1) is 0 Å². The number of hydrogen-bond donors (Lipinski definition) is 1. The van der Waals surface area contributed by atoms with Crippen LogP contribution in [-0.2, 0) is 25.2 Å². The third-order valence-electron chi connectivity index (χ3n) is 6.29. The monoisotopic (exact) mass is 602 g/mol. The van der Waals surface area contributed by atoms with Crippen molar-refractivity contribution in [1.29, 1.82) is 0 Å². The van der Waals surface area contributed by atoms with E-state index < -0.39 is 69.5 Å². The second kappa shape index (κ2) is 14.3. The van der Waals surface area contributed by atoms with Gasteiger partial charge in [0.05, 0.1) is 59.9 Å². The van der Waals surface area contributed by atoms with Crippen molar-refractivity contribution >= 4 is 23.5 Å². The van der Waals surface area contributed by atoms with Crippen molar-refractivity contribution in [3.63, 3.8) is 0 Å². The highest BCUT2D eigenvalue weighted by Gasteiger charge is 2.46. The average molecular weight is 603 g/mol. The number of allylic oxidation sites excluding steroid dienone is 2. The Morgan fingerprint density at radius 3 is 2.37 bits per heavy atom. The number of ether oxygens (including phenoxy) is 3. The van der Waals surface area contributed by atoms with E-state index in [0.717, 1.165) is 13.5 Å². The molecule has 1 aromatic heterocycles. The number of nitrogens with zero attached hydrogens (tertiary/aromatic N) is 1. The first-order valence-electron chi connectivity index (χ1n) is 12.6. The molecule has 1 aliphatic rings. The molecule has 0 fully saturated rings. The smallest absolute Gasteiger partial charge is 0.418 e. The van der Waals surface area contributed by atoms with Gasteiger partial charge in [-0.1, -0.05) is 11.6 Å². The molecule has 0 aliphatic carbocycles. The number of hydrogen-bond acceptors (Lipinski definition) is 7. The number of carbonyl (C=O) groups excluding carboxylic acids is 2. The normalized spacial score (nSPS) is 15.5. The van der Waals surface area contributed by atoms with E-state index in [9.17, 15) is 27.2 Å². The molecule has 1 aromatic carbocycles. The van der Waals surface area contributed by atoms with Crippen molar-refractivity contribution in [2.45, 2.75) is 44.7 Å². The van der Waals surface area contributed by atoms with Gasteiger partial charge in [0.25, 0.3) is 0 Å². The number of nitrogens with one attached hydrogen (secondary N) is 1. The number of alkyl halides is 4. The third kappa shape index (κ3) is 7.75. The fraction of sp³-hybridized carbons (Fsp3) is 0.393. The maximum Gasteiger partial charge on any atom is 0.418 e. The van der Waals surface area contributed by atoms with E-state index in [4.69, 9.17) is 21.1 Å². The molecule has 1 N–H and O–H groups in total. The van der Waals surface area contributed by atoms with Gasteiger partial charge in [0.2, 0.25) is 0 Å². The first kappa shape index (κ1) is 31.9. The lowest BCUT2D eigenvalue weighted by Gasteiger charge is -2.32. The maximum atomic E-state index is 15.2. The van der Waals surface area contributed by atoms with Gasteiger partial charge in [-0.2, -0.15) is 13.2 Å². The van der Waals surface area contributed by atoms with Gasteiger partial charge < -0.3 is 19.5 Å². The second-order valence-electron chi connectivity index (χ2n) is 9.02. The number of aromatic nitrogens is 1.